The minimum Gasteiger partial charge on any atom is -0.353 e. The SMILES string of the molecule is C=C/C(Cl)=C\C=C(/C)C1=NC(CNC(=O)CCCN2CCN(C)CC2)C2=NNC(C)N2c2sc(C)c(C)c21. The highest BCUT2D eigenvalue weighted by Crippen LogP contribution is 2.41. The summed E-state index contributed by atoms with van der Waals surface area (Å²) in [5.41, 5.74) is 7.45. The number of hydrazone groups is 1. The molecule has 4 rings (SSSR count). The van der Waals surface area contributed by atoms with Crippen LogP contribution in [-0.4, -0.2) is 85.8 Å². The Hall–Kier alpha value is -2.46. The number of amides is 1. The monoisotopic (exact) mass is 557 g/mol. The highest BCUT2D eigenvalue weighted by atomic mass is 35.5. The quantitative estimate of drug-likeness (QED) is 0.449. The molecule has 3 aliphatic heterocycles. The molecule has 38 heavy (non-hydrogen) atoms. The molecule has 3 aliphatic rings. The number of anilines is 1. The van der Waals surface area contributed by atoms with Gasteiger partial charge in [0.2, 0.25) is 5.91 Å². The molecule has 2 N–H and O–H groups in total. The van der Waals surface area contributed by atoms with Crippen molar-refractivity contribution < 1.29 is 4.79 Å². The number of aryl methyl sites for hydroxylation is 1. The third-order valence-electron chi connectivity index (χ3n) is 7.43. The van der Waals surface area contributed by atoms with Gasteiger partial charge in [-0.15, -0.1) is 11.3 Å². The Balaban J connectivity index is 1.53. The number of carbonyl (C=O) groups excluding carboxylic acids is 1. The van der Waals surface area contributed by atoms with Gasteiger partial charge in [-0.25, -0.2) is 0 Å². The van der Waals surface area contributed by atoms with Gasteiger partial charge >= 0.3 is 0 Å². The first-order chi connectivity index (χ1) is 18.2. The van der Waals surface area contributed by atoms with Crippen molar-refractivity contribution >= 4 is 45.4 Å². The summed E-state index contributed by atoms with van der Waals surface area (Å²) in [6.07, 6.45) is 6.80. The van der Waals surface area contributed by atoms with Crippen LogP contribution in [0.15, 0.2) is 45.5 Å². The summed E-state index contributed by atoms with van der Waals surface area (Å²) >= 11 is 7.95. The fourth-order valence-electron chi connectivity index (χ4n) is 4.94. The average Bonchev–Trinajstić information content (AvgIpc) is 3.37. The van der Waals surface area contributed by atoms with E-state index in [1.807, 2.05) is 19.1 Å². The van der Waals surface area contributed by atoms with E-state index < -0.39 is 0 Å². The molecule has 8 nitrogen and oxygen atoms in total. The van der Waals surface area contributed by atoms with E-state index in [-0.39, 0.29) is 18.1 Å². The van der Waals surface area contributed by atoms with Gasteiger partial charge in [0.1, 0.15) is 17.2 Å². The minimum atomic E-state index is -0.314. The Bertz CT molecular complexity index is 1180. The van der Waals surface area contributed by atoms with Crippen LogP contribution in [0.3, 0.4) is 0 Å². The Labute approximate surface area is 235 Å². The Kier molecular flexibility index (Phi) is 9.46. The normalized spacial score (nSPS) is 22.7. The molecule has 2 unspecified atom stereocenters. The lowest BCUT2D eigenvalue weighted by Gasteiger charge is -2.32. The fraction of sp³-hybridized carbons (Fsp3) is 0.536. The number of fused-ring (bicyclic) bond motifs is 3. The first-order valence-corrected chi connectivity index (χ1v) is 14.5. The standard InChI is InChI=1S/C28H40ClN7OS/c1-7-22(29)11-10-18(2)26-25-19(3)20(4)38-28(25)36-21(5)32-33-27(36)23(31-26)17-30-24(37)9-8-12-35-15-13-34(6)14-16-35/h7,10-11,21,23,32H,1,8-9,12-17H2,2-6H3,(H,30,37)/b18-10+,22-11+. The summed E-state index contributed by atoms with van der Waals surface area (Å²) < 4.78 is 0. The van der Waals surface area contributed by atoms with Crippen LogP contribution in [0.2, 0.25) is 0 Å². The van der Waals surface area contributed by atoms with Gasteiger partial charge in [0.25, 0.3) is 0 Å². The molecule has 1 saturated heterocycles. The van der Waals surface area contributed by atoms with Crippen LogP contribution in [0, 0.1) is 13.8 Å². The molecule has 0 aromatic carbocycles. The van der Waals surface area contributed by atoms with Crippen LogP contribution in [0.1, 0.15) is 42.7 Å². The van der Waals surface area contributed by atoms with Gasteiger partial charge in [-0.05, 0) is 64.9 Å². The molecule has 2 atom stereocenters. The van der Waals surface area contributed by atoms with Crippen LogP contribution in [0.25, 0.3) is 0 Å². The Morgan fingerprint density at radius 1 is 1.26 bits per heavy atom. The molecule has 0 saturated carbocycles. The van der Waals surface area contributed by atoms with Crippen molar-refractivity contribution in [3.05, 3.63) is 51.4 Å². The lowest BCUT2D eigenvalue weighted by atomic mass is 10.00. The Morgan fingerprint density at radius 2 is 2.00 bits per heavy atom. The first-order valence-electron chi connectivity index (χ1n) is 13.3. The molecule has 10 heteroatoms. The van der Waals surface area contributed by atoms with E-state index in [0.29, 0.717) is 18.0 Å². The zero-order chi connectivity index (χ0) is 27.4. The van der Waals surface area contributed by atoms with E-state index in [2.05, 4.69) is 64.9 Å². The summed E-state index contributed by atoms with van der Waals surface area (Å²) in [5.74, 6) is 0.890. The molecule has 1 fully saturated rings. The summed E-state index contributed by atoms with van der Waals surface area (Å²) in [4.78, 5) is 26.3. The van der Waals surface area contributed by atoms with Crippen molar-refractivity contribution in [1.82, 2.24) is 20.5 Å². The number of hydrogen-bond acceptors (Lipinski definition) is 8. The van der Waals surface area contributed by atoms with Crippen molar-refractivity contribution in [2.24, 2.45) is 10.1 Å². The number of nitrogens with one attached hydrogen (secondary N) is 2. The van der Waals surface area contributed by atoms with Crippen molar-refractivity contribution in [3.63, 3.8) is 0 Å². The van der Waals surface area contributed by atoms with Crippen molar-refractivity contribution in [1.29, 1.82) is 0 Å². The van der Waals surface area contributed by atoms with Crippen LogP contribution in [-0.2, 0) is 4.79 Å². The maximum Gasteiger partial charge on any atom is 0.220 e. The molecule has 4 heterocycles. The van der Waals surface area contributed by atoms with Crippen LogP contribution >= 0.6 is 22.9 Å². The summed E-state index contributed by atoms with van der Waals surface area (Å²) in [5, 5.41) is 9.51. The molecule has 0 aliphatic carbocycles. The Morgan fingerprint density at radius 3 is 2.71 bits per heavy atom. The molecule has 1 aromatic heterocycles. The number of thiophene rings is 1. The zero-order valence-corrected chi connectivity index (χ0v) is 24.8. The number of nitrogens with zero attached hydrogens (tertiary/aromatic N) is 5. The number of rotatable bonds is 9. The molecular formula is C28H40ClN7OS. The van der Waals surface area contributed by atoms with Gasteiger partial charge in [-0.3, -0.25) is 20.1 Å². The summed E-state index contributed by atoms with van der Waals surface area (Å²) in [6.45, 7) is 17.8. The third-order valence-corrected chi connectivity index (χ3v) is 8.92. The summed E-state index contributed by atoms with van der Waals surface area (Å²) in [6, 6.07) is -0.314. The second kappa shape index (κ2) is 12.6. The zero-order valence-electron chi connectivity index (χ0n) is 23.2. The van der Waals surface area contributed by atoms with E-state index >= 15 is 0 Å². The number of allylic oxidation sites excluding steroid dienone is 5. The highest BCUT2D eigenvalue weighted by Gasteiger charge is 2.38. The van der Waals surface area contributed by atoms with Gasteiger partial charge in [-0.1, -0.05) is 30.3 Å². The lowest BCUT2D eigenvalue weighted by Crippen LogP contribution is -2.45. The third kappa shape index (κ3) is 6.39. The summed E-state index contributed by atoms with van der Waals surface area (Å²) in [7, 11) is 2.16. The van der Waals surface area contributed by atoms with Crippen molar-refractivity contribution in [3.8, 4) is 0 Å². The first kappa shape index (κ1) is 28.5. The predicted octanol–water partition coefficient (Wildman–Crippen LogP) is 4.00. The highest BCUT2D eigenvalue weighted by molar-refractivity contribution is 7.17. The smallest absolute Gasteiger partial charge is 0.220 e. The maximum atomic E-state index is 12.8. The van der Waals surface area contributed by atoms with Crippen LogP contribution < -0.4 is 15.6 Å². The molecule has 1 aromatic rings. The maximum absolute atomic E-state index is 12.8. The van der Waals surface area contributed by atoms with E-state index in [1.165, 1.54) is 10.4 Å². The number of carbonyl (C=O) groups is 1. The minimum absolute atomic E-state index is 0.00284. The van der Waals surface area contributed by atoms with Crippen LogP contribution in [0.4, 0.5) is 5.00 Å². The van der Waals surface area contributed by atoms with Gasteiger partial charge in [0.15, 0.2) is 5.84 Å². The molecule has 0 spiro atoms. The molecule has 206 valence electrons. The topological polar surface area (TPSA) is 75.6 Å². The number of halogens is 1. The number of likely N-dealkylation sites (N-methyl/N-ethyl adjacent to an activating group) is 1. The molecule has 1 amide bonds. The second-order valence-electron chi connectivity index (χ2n) is 10.3. The molecule has 0 bridgehead atoms. The van der Waals surface area contributed by atoms with E-state index in [0.717, 1.165) is 66.8 Å². The number of piperazine rings is 1. The second-order valence-corrected chi connectivity index (χ2v) is 11.9. The predicted molar refractivity (Wildman–Crippen MR) is 161 cm³/mol. The molecule has 0 radical (unpaired) electrons. The largest absolute Gasteiger partial charge is 0.353 e. The van der Waals surface area contributed by atoms with Gasteiger partial charge in [0.05, 0.1) is 5.71 Å². The lowest BCUT2D eigenvalue weighted by molar-refractivity contribution is -0.121. The number of aliphatic imine (C=N–C) groups is 1. The van der Waals surface area contributed by atoms with Gasteiger partial charge in [-0.2, -0.15) is 5.10 Å². The fourth-order valence-corrected chi connectivity index (χ4v) is 6.25. The van der Waals surface area contributed by atoms with Gasteiger partial charge in [0, 0.05) is 54.6 Å². The van der Waals surface area contributed by atoms with E-state index in [1.54, 1.807) is 17.4 Å². The van der Waals surface area contributed by atoms with Gasteiger partial charge < -0.3 is 15.1 Å². The number of amidine groups is 1. The van der Waals surface area contributed by atoms with E-state index in [9.17, 15) is 4.79 Å². The van der Waals surface area contributed by atoms with E-state index in [4.69, 9.17) is 16.6 Å². The molecular weight excluding hydrogens is 518 g/mol. The van der Waals surface area contributed by atoms with Crippen molar-refractivity contribution in [2.75, 3.05) is 51.2 Å². The van der Waals surface area contributed by atoms with Crippen LogP contribution in [0.5, 0.6) is 0 Å². The number of hydrogen-bond donors (Lipinski definition) is 2. The van der Waals surface area contributed by atoms with Crippen molar-refractivity contribution in [2.45, 2.75) is 52.7 Å². The average molecular weight is 558 g/mol.